The van der Waals surface area contributed by atoms with Crippen molar-refractivity contribution in [1.82, 2.24) is 4.98 Å². The van der Waals surface area contributed by atoms with Crippen LogP contribution in [0.2, 0.25) is 0 Å². The molecule has 0 saturated heterocycles. The molecule has 80 valence electrons. The minimum atomic E-state index is -0.321. The van der Waals surface area contributed by atoms with Crippen LogP contribution >= 0.6 is 11.3 Å². The fraction of sp³-hybridized carbons (Fsp3) is 0.182. The number of nitriles is 1. The Hall–Kier alpha value is -1.93. The highest BCUT2D eigenvalue weighted by atomic mass is 32.1. The molecule has 0 fully saturated rings. The highest BCUT2D eigenvalue weighted by Gasteiger charge is 2.07. The van der Waals surface area contributed by atoms with Crippen molar-refractivity contribution in [2.24, 2.45) is 0 Å². The lowest BCUT2D eigenvalue weighted by molar-refractivity contribution is -0.115. The molecule has 1 aromatic carbocycles. The third-order valence-electron chi connectivity index (χ3n) is 2.03. The number of nitrogens with one attached hydrogen (secondary N) is 1. The zero-order chi connectivity index (χ0) is 11.5. The van der Waals surface area contributed by atoms with Crippen LogP contribution in [0.4, 0.5) is 5.13 Å². The molecular formula is C11H9N3OS. The molecule has 0 aliphatic carbocycles. The van der Waals surface area contributed by atoms with E-state index in [4.69, 9.17) is 5.26 Å². The molecule has 1 heterocycles. The fourth-order valence-corrected chi connectivity index (χ4v) is 2.19. The van der Waals surface area contributed by atoms with E-state index in [2.05, 4.69) is 10.3 Å². The van der Waals surface area contributed by atoms with Crippen LogP contribution in [0.5, 0.6) is 0 Å². The predicted octanol–water partition coefficient (Wildman–Crippen LogP) is 2.46. The quantitative estimate of drug-likeness (QED) is 0.863. The van der Waals surface area contributed by atoms with Gasteiger partial charge in [-0.2, -0.15) is 5.26 Å². The Balaban J connectivity index is 2.27. The van der Waals surface area contributed by atoms with Gasteiger partial charge in [-0.05, 0) is 24.6 Å². The van der Waals surface area contributed by atoms with Gasteiger partial charge in [0.2, 0.25) is 5.91 Å². The number of carbonyl (C=O) groups is 1. The van der Waals surface area contributed by atoms with Crippen molar-refractivity contribution in [1.29, 1.82) is 5.26 Å². The minimum absolute atomic E-state index is 0.144. The van der Waals surface area contributed by atoms with Crippen molar-refractivity contribution >= 4 is 32.6 Å². The maximum atomic E-state index is 11.2. The molecule has 0 atom stereocenters. The lowest BCUT2D eigenvalue weighted by Gasteiger charge is -1.94. The van der Waals surface area contributed by atoms with Gasteiger partial charge in [-0.15, -0.1) is 0 Å². The van der Waals surface area contributed by atoms with E-state index in [1.807, 2.05) is 25.1 Å². The summed E-state index contributed by atoms with van der Waals surface area (Å²) in [5.41, 5.74) is 2.00. The number of benzene rings is 1. The van der Waals surface area contributed by atoms with Crippen LogP contribution < -0.4 is 5.32 Å². The molecule has 1 amide bonds. The zero-order valence-corrected chi connectivity index (χ0v) is 9.47. The van der Waals surface area contributed by atoms with Crippen molar-refractivity contribution < 1.29 is 4.79 Å². The normalized spacial score (nSPS) is 10.0. The summed E-state index contributed by atoms with van der Waals surface area (Å²) < 4.78 is 1.03. The fourth-order valence-electron chi connectivity index (χ4n) is 1.33. The molecule has 0 bridgehead atoms. The molecule has 0 aliphatic rings. The van der Waals surface area contributed by atoms with Gasteiger partial charge in [0, 0.05) is 0 Å². The number of anilines is 1. The van der Waals surface area contributed by atoms with E-state index in [-0.39, 0.29) is 12.3 Å². The second kappa shape index (κ2) is 4.29. The Morgan fingerprint density at radius 1 is 1.62 bits per heavy atom. The Bertz CT molecular complexity index is 582. The Kier molecular flexibility index (Phi) is 2.84. The Morgan fingerprint density at radius 3 is 3.19 bits per heavy atom. The second-order valence-electron chi connectivity index (χ2n) is 3.37. The molecule has 2 rings (SSSR count). The second-order valence-corrected chi connectivity index (χ2v) is 4.40. The largest absolute Gasteiger partial charge is 0.301 e. The van der Waals surface area contributed by atoms with Crippen molar-refractivity contribution in [3.8, 4) is 6.07 Å². The molecule has 0 unspecified atom stereocenters. The monoisotopic (exact) mass is 231 g/mol. The van der Waals surface area contributed by atoms with Gasteiger partial charge in [0.1, 0.15) is 6.42 Å². The number of hydrogen-bond acceptors (Lipinski definition) is 4. The lowest BCUT2D eigenvalue weighted by atomic mass is 10.2. The Labute approximate surface area is 96.5 Å². The molecule has 0 saturated carbocycles. The third kappa shape index (κ3) is 2.18. The molecule has 1 aromatic heterocycles. The van der Waals surface area contributed by atoms with Crippen molar-refractivity contribution in [3.05, 3.63) is 23.8 Å². The minimum Gasteiger partial charge on any atom is -0.301 e. The summed E-state index contributed by atoms with van der Waals surface area (Å²) in [6, 6.07) is 7.74. The van der Waals surface area contributed by atoms with E-state index in [1.165, 1.54) is 11.3 Å². The van der Waals surface area contributed by atoms with E-state index in [0.717, 1.165) is 15.8 Å². The summed E-state index contributed by atoms with van der Waals surface area (Å²) in [7, 11) is 0. The highest BCUT2D eigenvalue weighted by molar-refractivity contribution is 7.22. The number of hydrogen-bond donors (Lipinski definition) is 1. The number of thiazole rings is 1. The molecular weight excluding hydrogens is 222 g/mol. The average molecular weight is 231 g/mol. The summed E-state index contributed by atoms with van der Waals surface area (Å²) in [6.07, 6.45) is -0.144. The van der Waals surface area contributed by atoms with Crippen LogP contribution in [0, 0.1) is 18.3 Å². The number of nitrogens with zero attached hydrogens (tertiary/aromatic N) is 2. The summed E-state index contributed by atoms with van der Waals surface area (Å²) in [5, 5.41) is 11.5. The molecule has 0 radical (unpaired) electrons. The van der Waals surface area contributed by atoms with E-state index in [1.54, 1.807) is 6.07 Å². The first-order chi connectivity index (χ1) is 7.69. The van der Waals surface area contributed by atoms with Crippen LogP contribution in [0.3, 0.4) is 0 Å². The van der Waals surface area contributed by atoms with Gasteiger partial charge in [0.15, 0.2) is 5.13 Å². The van der Waals surface area contributed by atoms with E-state index >= 15 is 0 Å². The van der Waals surface area contributed by atoms with E-state index in [0.29, 0.717) is 5.13 Å². The van der Waals surface area contributed by atoms with Crippen molar-refractivity contribution in [2.45, 2.75) is 13.3 Å². The maximum Gasteiger partial charge on any atom is 0.240 e. The first-order valence-corrected chi connectivity index (χ1v) is 5.54. The van der Waals surface area contributed by atoms with Crippen LogP contribution in [0.15, 0.2) is 18.2 Å². The first-order valence-electron chi connectivity index (χ1n) is 4.73. The molecule has 5 heteroatoms. The zero-order valence-electron chi connectivity index (χ0n) is 8.65. The lowest BCUT2D eigenvalue weighted by Crippen LogP contribution is -2.09. The number of rotatable bonds is 2. The predicted molar refractivity (Wildman–Crippen MR) is 63.2 cm³/mol. The third-order valence-corrected chi connectivity index (χ3v) is 2.98. The summed E-state index contributed by atoms with van der Waals surface area (Å²) >= 11 is 1.41. The van der Waals surface area contributed by atoms with Gasteiger partial charge in [0.05, 0.1) is 16.3 Å². The average Bonchev–Trinajstić information content (AvgIpc) is 2.59. The van der Waals surface area contributed by atoms with Gasteiger partial charge in [-0.25, -0.2) is 4.98 Å². The summed E-state index contributed by atoms with van der Waals surface area (Å²) in [5.74, 6) is -0.321. The van der Waals surface area contributed by atoms with Crippen molar-refractivity contribution in [2.75, 3.05) is 5.32 Å². The van der Waals surface area contributed by atoms with Gasteiger partial charge in [0.25, 0.3) is 0 Å². The Morgan fingerprint density at radius 2 is 2.44 bits per heavy atom. The molecule has 16 heavy (non-hydrogen) atoms. The van der Waals surface area contributed by atoms with Gasteiger partial charge in [-0.3, -0.25) is 4.79 Å². The summed E-state index contributed by atoms with van der Waals surface area (Å²) in [4.78, 5) is 15.5. The number of aryl methyl sites for hydroxylation is 1. The standard InChI is InChI=1S/C11H9N3OS/c1-7-2-3-9-8(6-7)13-11(16-9)14-10(15)4-5-12/h2-3,6H,4H2,1H3,(H,13,14,15). The molecule has 1 N–H and O–H groups in total. The van der Waals surface area contributed by atoms with E-state index < -0.39 is 0 Å². The van der Waals surface area contributed by atoms with Gasteiger partial charge < -0.3 is 5.32 Å². The first kappa shape index (κ1) is 10.6. The number of amides is 1. The molecule has 0 aliphatic heterocycles. The highest BCUT2D eigenvalue weighted by Crippen LogP contribution is 2.26. The smallest absolute Gasteiger partial charge is 0.240 e. The SMILES string of the molecule is Cc1ccc2sc(NC(=O)CC#N)nc2c1. The maximum absolute atomic E-state index is 11.2. The van der Waals surface area contributed by atoms with Crippen LogP contribution in [0.1, 0.15) is 12.0 Å². The number of aromatic nitrogens is 1. The van der Waals surface area contributed by atoms with Crippen LogP contribution in [0.25, 0.3) is 10.2 Å². The number of carbonyl (C=O) groups excluding carboxylic acids is 1. The van der Waals surface area contributed by atoms with Crippen molar-refractivity contribution in [3.63, 3.8) is 0 Å². The van der Waals surface area contributed by atoms with Crippen LogP contribution in [-0.4, -0.2) is 10.9 Å². The summed E-state index contributed by atoms with van der Waals surface area (Å²) in [6.45, 7) is 1.99. The topological polar surface area (TPSA) is 65.8 Å². The van der Waals surface area contributed by atoms with Gasteiger partial charge in [-0.1, -0.05) is 17.4 Å². The molecule has 0 spiro atoms. The van der Waals surface area contributed by atoms with Gasteiger partial charge >= 0.3 is 0 Å². The molecule has 2 aromatic rings. The molecule has 4 nitrogen and oxygen atoms in total. The van der Waals surface area contributed by atoms with E-state index in [9.17, 15) is 4.79 Å². The van der Waals surface area contributed by atoms with Crippen LogP contribution in [-0.2, 0) is 4.79 Å². The number of fused-ring (bicyclic) bond motifs is 1.